The van der Waals surface area contributed by atoms with Crippen LogP contribution in [-0.4, -0.2) is 22.2 Å². The quantitative estimate of drug-likeness (QED) is 0.807. The first kappa shape index (κ1) is 9.45. The number of pyridine rings is 2. The average Bonchev–Trinajstić information content (AvgIpc) is 2.30. The summed E-state index contributed by atoms with van der Waals surface area (Å²) in [7, 11) is 1.56. The van der Waals surface area contributed by atoms with E-state index in [2.05, 4.69) is 9.97 Å². The van der Waals surface area contributed by atoms with Crippen molar-refractivity contribution in [3.63, 3.8) is 0 Å². The minimum Gasteiger partial charge on any atom is -0.506 e. The summed E-state index contributed by atoms with van der Waals surface area (Å²) in [5, 5.41) is 9.65. The molecule has 0 aromatic carbocycles. The zero-order chi connectivity index (χ0) is 10.7. The van der Waals surface area contributed by atoms with E-state index in [1.54, 1.807) is 43.9 Å². The second-order valence-electron chi connectivity index (χ2n) is 2.95. The molecule has 0 fully saturated rings. The Bertz CT molecular complexity index is 472. The zero-order valence-electron chi connectivity index (χ0n) is 8.21. The van der Waals surface area contributed by atoms with Crippen LogP contribution >= 0.6 is 0 Å². The largest absolute Gasteiger partial charge is 0.506 e. The number of methoxy groups -OCH3 is 1. The Morgan fingerprint density at radius 3 is 2.87 bits per heavy atom. The van der Waals surface area contributed by atoms with Gasteiger partial charge in [-0.15, -0.1) is 0 Å². The molecule has 2 aromatic rings. The fourth-order valence-corrected chi connectivity index (χ4v) is 1.34. The van der Waals surface area contributed by atoms with Crippen LogP contribution in [0.4, 0.5) is 0 Å². The molecule has 2 heterocycles. The molecule has 0 spiro atoms. The normalized spacial score (nSPS) is 9.93. The lowest BCUT2D eigenvalue weighted by atomic mass is 10.1. The molecule has 0 radical (unpaired) electrons. The number of aromatic nitrogens is 2. The second-order valence-corrected chi connectivity index (χ2v) is 2.95. The first-order chi connectivity index (χ1) is 7.33. The van der Waals surface area contributed by atoms with E-state index in [0.717, 1.165) is 5.56 Å². The van der Waals surface area contributed by atoms with Crippen molar-refractivity contribution in [2.75, 3.05) is 7.11 Å². The van der Waals surface area contributed by atoms with Crippen LogP contribution in [0.15, 0.2) is 36.8 Å². The molecule has 76 valence electrons. The van der Waals surface area contributed by atoms with E-state index >= 15 is 0 Å². The summed E-state index contributed by atoms with van der Waals surface area (Å²) in [5.41, 5.74) is 1.22. The highest BCUT2D eigenvalue weighted by Gasteiger charge is 2.10. The third kappa shape index (κ3) is 1.74. The third-order valence-corrected chi connectivity index (χ3v) is 2.05. The zero-order valence-corrected chi connectivity index (χ0v) is 8.21. The maximum atomic E-state index is 9.65. The Morgan fingerprint density at radius 2 is 2.13 bits per heavy atom. The van der Waals surface area contributed by atoms with Crippen molar-refractivity contribution in [2.45, 2.75) is 0 Å². The van der Waals surface area contributed by atoms with Gasteiger partial charge in [0.1, 0.15) is 17.2 Å². The fraction of sp³-hybridized carbons (Fsp3) is 0.0909. The summed E-state index contributed by atoms with van der Waals surface area (Å²) in [6.45, 7) is 0. The van der Waals surface area contributed by atoms with Crippen molar-refractivity contribution in [3.8, 4) is 22.8 Å². The Balaban J connectivity index is 2.59. The summed E-state index contributed by atoms with van der Waals surface area (Å²) in [5.74, 6) is 0.716. The van der Waals surface area contributed by atoms with Crippen LogP contribution in [0.2, 0.25) is 0 Å². The van der Waals surface area contributed by atoms with Crippen LogP contribution in [-0.2, 0) is 0 Å². The van der Waals surface area contributed by atoms with E-state index in [0.29, 0.717) is 11.4 Å². The molecule has 0 unspecified atom stereocenters. The molecule has 15 heavy (non-hydrogen) atoms. The fourth-order valence-electron chi connectivity index (χ4n) is 1.34. The second kappa shape index (κ2) is 3.96. The van der Waals surface area contributed by atoms with E-state index in [1.807, 2.05) is 0 Å². The molecule has 2 rings (SSSR count). The predicted octanol–water partition coefficient (Wildman–Crippen LogP) is 1.86. The van der Waals surface area contributed by atoms with Crippen LogP contribution in [0.1, 0.15) is 0 Å². The van der Waals surface area contributed by atoms with E-state index in [9.17, 15) is 5.11 Å². The maximum Gasteiger partial charge on any atom is 0.146 e. The molecule has 0 saturated heterocycles. The molecule has 0 aliphatic heterocycles. The third-order valence-electron chi connectivity index (χ3n) is 2.05. The molecule has 0 bridgehead atoms. The highest BCUT2D eigenvalue weighted by atomic mass is 16.5. The first-order valence-corrected chi connectivity index (χ1v) is 4.45. The molecular formula is C11H10N2O2. The van der Waals surface area contributed by atoms with E-state index in [1.165, 1.54) is 0 Å². The first-order valence-electron chi connectivity index (χ1n) is 4.45. The summed E-state index contributed by atoms with van der Waals surface area (Å²) < 4.78 is 5.14. The number of aromatic hydroxyl groups is 1. The lowest BCUT2D eigenvalue weighted by Gasteiger charge is -2.07. The van der Waals surface area contributed by atoms with Gasteiger partial charge in [0.15, 0.2) is 0 Å². The number of rotatable bonds is 2. The molecule has 0 amide bonds. The van der Waals surface area contributed by atoms with Crippen molar-refractivity contribution >= 4 is 0 Å². The topological polar surface area (TPSA) is 55.2 Å². The monoisotopic (exact) mass is 202 g/mol. The van der Waals surface area contributed by atoms with Gasteiger partial charge in [0, 0.05) is 18.0 Å². The molecule has 2 aromatic heterocycles. The van der Waals surface area contributed by atoms with Gasteiger partial charge in [-0.2, -0.15) is 0 Å². The van der Waals surface area contributed by atoms with Gasteiger partial charge in [0.2, 0.25) is 0 Å². The lowest BCUT2D eigenvalue weighted by Crippen LogP contribution is -1.90. The number of hydrogen-bond acceptors (Lipinski definition) is 4. The van der Waals surface area contributed by atoms with E-state index in [-0.39, 0.29) is 5.75 Å². The Morgan fingerprint density at radius 1 is 1.27 bits per heavy atom. The summed E-state index contributed by atoms with van der Waals surface area (Å²) >= 11 is 0. The molecule has 1 N–H and O–H groups in total. The minimum atomic E-state index is 0.127. The molecule has 4 heteroatoms. The van der Waals surface area contributed by atoms with Crippen LogP contribution < -0.4 is 4.74 Å². The van der Waals surface area contributed by atoms with Crippen molar-refractivity contribution in [2.24, 2.45) is 0 Å². The maximum absolute atomic E-state index is 9.65. The average molecular weight is 202 g/mol. The van der Waals surface area contributed by atoms with Crippen LogP contribution in [0, 0.1) is 0 Å². The van der Waals surface area contributed by atoms with Crippen molar-refractivity contribution < 1.29 is 9.84 Å². The van der Waals surface area contributed by atoms with Gasteiger partial charge in [-0.3, -0.25) is 9.97 Å². The lowest BCUT2D eigenvalue weighted by molar-refractivity contribution is 0.413. The minimum absolute atomic E-state index is 0.127. The van der Waals surface area contributed by atoms with Crippen LogP contribution in [0.25, 0.3) is 11.3 Å². The van der Waals surface area contributed by atoms with E-state index < -0.39 is 0 Å². The number of ether oxygens (including phenoxy) is 1. The molecule has 0 saturated carbocycles. The Kier molecular flexibility index (Phi) is 2.49. The van der Waals surface area contributed by atoms with Crippen LogP contribution in [0.3, 0.4) is 0 Å². The summed E-state index contributed by atoms with van der Waals surface area (Å²) in [6, 6.07) is 5.01. The van der Waals surface area contributed by atoms with Gasteiger partial charge in [0.25, 0.3) is 0 Å². The highest BCUT2D eigenvalue weighted by Crippen LogP contribution is 2.32. The van der Waals surface area contributed by atoms with Gasteiger partial charge < -0.3 is 9.84 Å². The summed E-state index contributed by atoms with van der Waals surface area (Å²) in [6.07, 6.45) is 4.84. The highest BCUT2D eigenvalue weighted by molar-refractivity contribution is 5.71. The molecule has 0 aliphatic rings. The van der Waals surface area contributed by atoms with Crippen LogP contribution in [0.5, 0.6) is 11.5 Å². The molecule has 4 nitrogen and oxygen atoms in total. The van der Waals surface area contributed by atoms with Gasteiger partial charge in [0.05, 0.1) is 13.3 Å². The smallest absolute Gasteiger partial charge is 0.146 e. The Hall–Kier alpha value is -2.10. The van der Waals surface area contributed by atoms with Crippen molar-refractivity contribution in [1.82, 2.24) is 9.97 Å². The van der Waals surface area contributed by atoms with Gasteiger partial charge >= 0.3 is 0 Å². The number of hydrogen-bond donors (Lipinski definition) is 1. The molecular weight excluding hydrogens is 192 g/mol. The van der Waals surface area contributed by atoms with Gasteiger partial charge in [-0.25, -0.2) is 0 Å². The molecule has 0 atom stereocenters. The predicted molar refractivity (Wildman–Crippen MR) is 55.7 cm³/mol. The standard InChI is InChI=1S/C11H10N2O2/c1-15-10-7-12-6-4-8(10)11-9(14)3-2-5-13-11/h2-7,14H,1H3. The SMILES string of the molecule is COc1cnccc1-c1ncccc1O. The Labute approximate surface area is 87.2 Å². The van der Waals surface area contributed by atoms with E-state index in [4.69, 9.17) is 4.74 Å². The molecule has 0 aliphatic carbocycles. The van der Waals surface area contributed by atoms with Gasteiger partial charge in [-0.1, -0.05) is 0 Å². The van der Waals surface area contributed by atoms with Crippen molar-refractivity contribution in [1.29, 1.82) is 0 Å². The van der Waals surface area contributed by atoms with Crippen molar-refractivity contribution in [3.05, 3.63) is 36.8 Å². The number of nitrogens with zero attached hydrogens (tertiary/aromatic N) is 2. The summed E-state index contributed by atoms with van der Waals surface area (Å²) in [4.78, 5) is 8.04. The van der Waals surface area contributed by atoms with Gasteiger partial charge in [-0.05, 0) is 18.2 Å².